The average Bonchev–Trinajstić information content (AvgIpc) is 3.24. The summed E-state index contributed by atoms with van der Waals surface area (Å²) in [6.07, 6.45) is 3.35. The summed E-state index contributed by atoms with van der Waals surface area (Å²) in [4.78, 5) is 25.3. The van der Waals surface area contributed by atoms with Gasteiger partial charge in [-0.25, -0.2) is 9.78 Å². The molecule has 3 aromatic rings. The number of aromatic nitrogens is 2. The number of halogens is 2. The second-order valence-electron chi connectivity index (χ2n) is 8.53. The summed E-state index contributed by atoms with van der Waals surface area (Å²) < 4.78 is 16.9. The van der Waals surface area contributed by atoms with Gasteiger partial charge in [0, 0.05) is 24.9 Å². The normalized spacial score (nSPS) is 16.7. The number of ether oxygens (including phenoxy) is 3. The number of aryl methyl sites for hydroxylation is 2. The molecular weight excluding hydrogens is 491 g/mol. The number of anilines is 2. The summed E-state index contributed by atoms with van der Waals surface area (Å²) >= 11 is 13.1. The van der Waals surface area contributed by atoms with E-state index in [9.17, 15) is 4.79 Å². The fraction of sp³-hybridized carbons (Fsp3) is 0.320. The van der Waals surface area contributed by atoms with Crippen molar-refractivity contribution in [1.29, 1.82) is 0 Å². The molecule has 2 heterocycles. The van der Waals surface area contributed by atoms with Crippen LogP contribution in [0.2, 0.25) is 10.0 Å². The molecule has 0 saturated carbocycles. The summed E-state index contributed by atoms with van der Waals surface area (Å²) in [6.45, 7) is 2.25. The van der Waals surface area contributed by atoms with Crippen LogP contribution in [0.15, 0.2) is 30.5 Å². The van der Waals surface area contributed by atoms with Crippen molar-refractivity contribution in [3.05, 3.63) is 62.8 Å². The molecule has 2 aromatic carbocycles. The Kier molecular flexibility index (Phi) is 6.11. The third-order valence-electron chi connectivity index (χ3n) is 6.37. The first-order chi connectivity index (χ1) is 16.8. The molecule has 1 aromatic heterocycles. The van der Waals surface area contributed by atoms with E-state index in [4.69, 9.17) is 37.4 Å². The van der Waals surface area contributed by atoms with Crippen LogP contribution in [0.1, 0.15) is 34.8 Å². The molecule has 0 fully saturated rings. The van der Waals surface area contributed by atoms with E-state index in [0.717, 1.165) is 24.0 Å². The summed E-state index contributed by atoms with van der Waals surface area (Å²) in [5, 5.41) is 0.416. The van der Waals surface area contributed by atoms with Crippen LogP contribution >= 0.6 is 23.2 Å². The van der Waals surface area contributed by atoms with Crippen LogP contribution < -0.4 is 24.0 Å². The van der Waals surface area contributed by atoms with Gasteiger partial charge in [0.25, 0.3) is 0 Å². The highest BCUT2D eigenvalue weighted by atomic mass is 35.5. The zero-order valence-corrected chi connectivity index (χ0v) is 21.3. The Labute approximate surface area is 213 Å². The van der Waals surface area contributed by atoms with Crippen LogP contribution in [0.25, 0.3) is 0 Å². The fourth-order valence-electron chi connectivity index (χ4n) is 4.59. The van der Waals surface area contributed by atoms with Gasteiger partial charge in [-0.05, 0) is 30.9 Å². The molecule has 1 atom stereocenters. The van der Waals surface area contributed by atoms with Crippen LogP contribution in [0.5, 0.6) is 17.5 Å². The lowest BCUT2D eigenvalue weighted by atomic mass is 10.1. The number of amides is 2. The molecule has 0 bridgehead atoms. The van der Waals surface area contributed by atoms with Crippen molar-refractivity contribution in [1.82, 2.24) is 9.97 Å². The van der Waals surface area contributed by atoms with Gasteiger partial charge >= 0.3 is 12.0 Å². The smallest absolute Gasteiger partial charge is 0.330 e. The van der Waals surface area contributed by atoms with Gasteiger partial charge in [-0.2, -0.15) is 4.98 Å². The molecule has 1 aliphatic carbocycles. The maximum Gasteiger partial charge on any atom is 0.330 e. The fourth-order valence-corrected chi connectivity index (χ4v) is 5.30. The molecule has 0 saturated heterocycles. The molecule has 2 amide bonds. The number of hydrogen-bond donors (Lipinski definition) is 0. The first kappa shape index (κ1) is 23.5. The van der Waals surface area contributed by atoms with E-state index in [1.165, 1.54) is 35.1 Å². The summed E-state index contributed by atoms with van der Waals surface area (Å²) in [5.41, 5.74) is 4.69. The topological polar surface area (TPSA) is 77.0 Å². The SMILES string of the molecule is COc1cc(OC)c(Cl)c(N2Cc3cnc(OC4CCc5cc(C)ccc54)nc3N(C)C2=O)c1Cl. The van der Waals surface area contributed by atoms with Crippen molar-refractivity contribution in [2.75, 3.05) is 31.1 Å². The number of urea groups is 1. The highest BCUT2D eigenvalue weighted by Gasteiger charge is 2.35. The minimum absolute atomic E-state index is 0.119. The lowest BCUT2D eigenvalue weighted by Crippen LogP contribution is -2.46. The first-order valence-electron chi connectivity index (χ1n) is 11.1. The van der Waals surface area contributed by atoms with E-state index in [0.29, 0.717) is 23.0 Å². The average molecular weight is 515 g/mol. The van der Waals surface area contributed by atoms with Crippen molar-refractivity contribution >= 4 is 40.7 Å². The Morgan fingerprint density at radius 3 is 2.46 bits per heavy atom. The Balaban J connectivity index is 1.46. The highest BCUT2D eigenvalue weighted by Crippen LogP contribution is 2.48. The second kappa shape index (κ2) is 9.09. The second-order valence-corrected chi connectivity index (χ2v) is 9.29. The molecule has 1 aliphatic heterocycles. The zero-order valence-electron chi connectivity index (χ0n) is 19.8. The van der Waals surface area contributed by atoms with Crippen molar-refractivity contribution in [3.8, 4) is 17.5 Å². The number of nitrogens with zero attached hydrogens (tertiary/aromatic N) is 4. The van der Waals surface area contributed by atoms with E-state index >= 15 is 0 Å². The summed E-state index contributed by atoms with van der Waals surface area (Å²) in [5.74, 6) is 1.16. The third kappa shape index (κ3) is 4.00. The number of hydrogen-bond acceptors (Lipinski definition) is 6. The largest absolute Gasteiger partial charge is 0.495 e. The Morgan fingerprint density at radius 1 is 1.06 bits per heavy atom. The Hall–Kier alpha value is -3.23. The van der Waals surface area contributed by atoms with E-state index < -0.39 is 0 Å². The van der Waals surface area contributed by atoms with Gasteiger partial charge in [0.1, 0.15) is 33.5 Å². The molecule has 0 radical (unpaired) electrons. The molecule has 5 rings (SSSR count). The predicted octanol–water partition coefficient (Wildman–Crippen LogP) is 5.75. The Morgan fingerprint density at radius 2 is 1.77 bits per heavy atom. The van der Waals surface area contributed by atoms with Gasteiger partial charge in [-0.15, -0.1) is 0 Å². The molecule has 1 unspecified atom stereocenters. The predicted molar refractivity (Wildman–Crippen MR) is 134 cm³/mol. The monoisotopic (exact) mass is 514 g/mol. The van der Waals surface area contributed by atoms with Crippen LogP contribution in [0.4, 0.5) is 16.3 Å². The molecule has 8 nitrogen and oxygen atoms in total. The molecule has 10 heteroatoms. The van der Waals surface area contributed by atoms with E-state index in [1.54, 1.807) is 19.3 Å². The van der Waals surface area contributed by atoms with Crippen LogP contribution in [0, 0.1) is 6.92 Å². The molecule has 35 heavy (non-hydrogen) atoms. The van der Waals surface area contributed by atoms with E-state index in [1.807, 2.05) is 0 Å². The van der Waals surface area contributed by atoms with Crippen molar-refractivity contribution in [3.63, 3.8) is 0 Å². The molecule has 2 aliphatic rings. The number of benzene rings is 2. The van der Waals surface area contributed by atoms with Gasteiger partial charge < -0.3 is 14.2 Å². The summed E-state index contributed by atoms with van der Waals surface area (Å²) in [7, 11) is 4.60. The van der Waals surface area contributed by atoms with Gasteiger partial charge in [0.2, 0.25) is 0 Å². The number of carbonyl (C=O) groups excluding carboxylic acids is 1. The van der Waals surface area contributed by atoms with E-state index in [-0.39, 0.29) is 34.7 Å². The number of rotatable bonds is 5. The molecular formula is C25H24Cl2N4O4. The standard InChI is InChI=1S/C25H24Cl2N4O4/c1-13-5-7-16-14(9-13)6-8-17(16)35-24-28-11-15-12-31(25(32)30(2)23(15)29-24)22-20(26)18(33-3)10-19(34-4)21(22)27/h5,7,9-11,17H,6,8,12H2,1-4H3. The molecule has 182 valence electrons. The Bertz CT molecular complexity index is 1310. The zero-order chi connectivity index (χ0) is 24.9. The van der Waals surface area contributed by atoms with Crippen molar-refractivity contribution in [2.45, 2.75) is 32.4 Å². The minimum atomic E-state index is -0.358. The molecule has 0 N–H and O–H groups in total. The van der Waals surface area contributed by atoms with Crippen LogP contribution in [-0.2, 0) is 13.0 Å². The van der Waals surface area contributed by atoms with Crippen LogP contribution in [-0.4, -0.2) is 37.3 Å². The summed E-state index contributed by atoms with van der Waals surface area (Å²) in [6, 6.07) is 7.83. The quantitative estimate of drug-likeness (QED) is 0.431. The van der Waals surface area contributed by atoms with Crippen molar-refractivity contribution in [2.24, 2.45) is 0 Å². The van der Waals surface area contributed by atoms with E-state index in [2.05, 4.69) is 35.1 Å². The third-order valence-corrected chi connectivity index (χ3v) is 7.10. The lowest BCUT2D eigenvalue weighted by Gasteiger charge is -2.35. The first-order valence-corrected chi connectivity index (χ1v) is 11.8. The van der Waals surface area contributed by atoms with Crippen LogP contribution in [0.3, 0.4) is 0 Å². The number of carbonyl (C=O) groups is 1. The number of fused-ring (bicyclic) bond motifs is 2. The lowest BCUT2D eigenvalue weighted by molar-refractivity contribution is 0.189. The maximum atomic E-state index is 13.4. The minimum Gasteiger partial charge on any atom is -0.495 e. The maximum absolute atomic E-state index is 13.4. The van der Waals surface area contributed by atoms with Crippen molar-refractivity contribution < 1.29 is 19.0 Å². The van der Waals surface area contributed by atoms with Gasteiger partial charge in [0.15, 0.2) is 0 Å². The van der Waals surface area contributed by atoms with Gasteiger partial charge in [-0.3, -0.25) is 9.80 Å². The highest BCUT2D eigenvalue weighted by molar-refractivity contribution is 6.42. The molecule has 0 spiro atoms. The number of methoxy groups -OCH3 is 2. The van der Waals surface area contributed by atoms with Gasteiger partial charge in [-0.1, -0.05) is 47.0 Å². The van der Waals surface area contributed by atoms with Gasteiger partial charge in [0.05, 0.1) is 26.5 Å².